The first-order chi connectivity index (χ1) is 20.1. The van der Waals surface area contributed by atoms with Crippen LogP contribution >= 0.6 is 24.4 Å². The van der Waals surface area contributed by atoms with Crippen molar-refractivity contribution >= 4 is 42.3 Å². The van der Waals surface area contributed by atoms with Gasteiger partial charge < -0.3 is 15.2 Å². The minimum Gasteiger partial charge on any atom is -0.444 e. The van der Waals surface area contributed by atoms with E-state index in [1.54, 1.807) is 25.1 Å². The van der Waals surface area contributed by atoms with Gasteiger partial charge in [0.2, 0.25) is 5.91 Å². The second-order valence-corrected chi connectivity index (χ2v) is 14.2. The van der Waals surface area contributed by atoms with Gasteiger partial charge in [-0.3, -0.25) is 23.7 Å². The Hall–Kier alpha value is -2.01. The van der Waals surface area contributed by atoms with Gasteiger partial charge in [-0.25, -0.2) is 4.79 Å². The van der Waals surface area contributed by atoms with Crippen LogP contribution in [0.3, 0.4) is 0 Å². The Morgan fingerprint density at radius 2 is 1.72 bits per heavy atom. The van der Waals surface area contributed by atoms with Crippen molar-refractivity contribution in [1.82, 2.24) is 19.4 Å². The molecule has 2 atom stereocenters. The zero-order valence-corrected chi connectivity index (χ0v) is 27.7. The Balaban J connectivity index is 0.00000506. The number of rotatable bonds is 10. The van der Waals surface area contributed by atoms with Crippen LogP contribution in [0.15, 0.2) is 30.3 Å². The lowest BCUT2D eigenvalue weighted by Gasteiger charge is -2.33. The molecule has 1 aromatic carbocycles. The molecule has 0 bridgehead atoms. The zero-order chi connectivity index (χ0) is 30.1. The maximum atomic E-state index is 13.8. The number of likely N-dealkylation sites (tertiary alicyclic amines) is 2. The Morgan fingerprint density at radius 3 is 2.37 bits per heavy atom. The number of hydrogen-bond donors (Lipinski definition) is 2. The zero-order valence-electron chi connectivity index (χ0n) is 26.0. The molecule has 1 aromatic rings. The van der Waals surface area contributed by atoms with E-state index in [0.717, 1.165) is 51.1 Å². The molecule has 9 nitrogen and oxygen atoms in total. The van der Waals surface area contributed by atoms with Gasteiger partial charge >= 0.3 is 6.09 Å². The lowest BCUT2D eigenvalue weighted by Crippen LogP contribution is -2.48. The molecule has 3 amide bonds. The van der Waals surface area contributed by atoms with E-state index < -0.39 is 23.8 Å². The number of nitrogens with one attached hydrogen (secondary N) is 1. The Labute approximate surface area is 268 Å². The van der Waals surface area contributed by atoms with Gasteiger partial charge in [0.05, 0.1) is 12.6 Å². The minimum atomic E-state index is -0.800. The van der Waals surface area contributed by atoms with Crippen LogP contribution in [0, 0.1) is 5.92 Å². The number of amides is 3. The fraction of sp³-hybridized carbons (Fsp3) is 0.719. The van der Waals surface area contributed by atoms with Crippen LogP contribution in [0.5, 0.6) is 0 Å². The molecule has 3 aliphatic rings. The highest BCUT2D eigenvalue weighted by Crippen LogP contribution is 2.30. The maximum absolute atomic E-state index is 13.8. The number of piperidine rings is 1. The summed E-state index contributed by atoms with van der Waals surface area (Å²) in [5.41, 5.74) is 0.596. The molecule has 2 heterocycles. The highest BCUT2D eigenvalue weighted by Gasteiger charge is 2.43. The Kier molecular flexibility index (Phi) is 13.9. The molecule has 2 saturated heterocycles. The van der Waals surface area contributed by atoms with E-state index in [1.807, 2.05) is 6.07 Å². The average molecular weight is 639 g/mol. The van der Waals surface area contributed by atoms with Crippen molar-refractivity contribution in [1.29, 1.82) is 0 Å². The molecule has 2 N–H and O–H groups in total. The number of nitrogens with zero attached hydrogens (tertiary/aromatic N) is 3. The molecular formula is C32H51ClN4O5S. The number of halogens is 1. The van der Waals surface area contributed by atoms with E-state index in [2.05, 4.69) is 34.5 Å². The van der Waals surface area contributed by atoms with Gasteiger partial charge in [0.15, 0.2) is 0 Å². The first kappa shape index (κ1) is 35.5. The third-order valence-corrected chi connectivity index (χ3v) is 9.67. The fourth-order valence-corrected chi connectivity index (χ4v) is 7.30. The van der Waals surface area contributed by atoms with E-state index >= 15 is 0 Å². The molecule has 43 heavy (non-hydrogen) atoms. The van der Waals surface area contributed by atoms with Crippen LogP contribution in [-0.2, 0) is 20.9 Å². The van der Waals surface area contributed by atoms with Crippen LogP contribution in [-0.4, -0.2) is 92.8 Å². The Bertz CT molecular complexity index is 1030. The topological polar surface area (TPSA) is 102 Å². The highest BCUT2D eigenvalue weighted by molar-refractivity contribution is 7.97. The summed E-state index contributed by atoms with van der Waals surface area (Å²) in [6.45, 7) is 8.48. The van der Waals surface area contributed by atoms with E-state index in [4.69, 9.17) is 4.74 Å². The van der Waals surface area contributed by atoms with E-state index in [1.165, 1.54) is 41.7 Å². The number of aliphatic hydroxyl groups is 1. The third-order valence-electron chi connectivity index (χ3n) is 8.37. The van der Waals surface area contributed by atoms with Gasteiger partial charge in [-0.15, -0.1) is 12.4 Å². The van der Waals surface area contributed by atoms with E-state index in [0.29, 0.717) is 5.92 Å². The van der Waals surface area contributed by atoms with Crippen molar-refractivity contribution in [3.05, 3.63) is 35.9 Å². The molecule has 2 aliphatic heterocycles. The first-order valence-electron chi connectivity index (χ1n) is 15.7. The maximum Gasteiger partial charge on any atom is 0.411 e. The number of carbonyl (C=O) groups excluding carboxylic acids is 3. The van der Waals surface area contributed by atoms with Crippen LogP contribution in [0.4, 0.5) is 4.79 Å². The molecule has 0 unspecified atom stereocenters. The largest absolute Gasteiger partial charge is 0.444 e. The number of benzene rings is 1. The van der Waals surface area contributed by atoms with Gasteiger partial charge in [-0.05, 0) is 69.9 Å². The van der Waals surface area contributed by atoms with Gasteiger partial charge in [-0.2, -0.15) is 0 Å². The number of aliphatic hydroxyl groups excluding tert-OH is 1. The van der Waals surface area contributed by atoms with Crippen molar-refractivity contribution in [3.63, 3.8) is 0 Å². The quantitative estimate of drug-likeness (QED) is 0.348. The summed E-state index contributed by atoms with van der Waals surface area (Å²) >= 11 is 1.48. The molecule has 0 aromatic heterocycles. The van der Waals surface area contributed by atoms with Gasteiger partial charge in [0, 0.05) is 50.8 Å². The molecule has 11 heteroatoms. The Morgan fingerprint density at radius 1 is 1.05 bits per heavy atom. The van der Waals surface area contributed by atoms with E-state index in [9.17, 15) is 19.5 Å². The smallest absolute Gasteiger partial charge is 0.411 e. The van der Waals surface area contributed by atoms with Gasteiger partial charge in [0.1, 0.15) is 11.6 Å². The molecule has 4 rings (SSSR count). The van der Waals surface area contributed by atoms with Crippen LogP contribution in [0.25, 0.3) is 0 Å². The predicted molar refractivity (Wildman–Crippen MR) is 173 cm³/mol. The summed E-state index contributed by atoms with van der Waals surface area (Å²) < 4.78 is 7.22. The fourth-order valence-electron chi connectivity index (χ4n) is 6.10. The molecule has 0 spiro atoms. The molecule has 1 saturated carbocycles. The summed E-state index contributed by atoms with van der Waals surface area (Å²) in [6.07, 6.45) is 6.82. The minimum absolute atomic E-state index is 0. The third kappa shape index (κ3) is 11.5. The SMILES string of the molecule is CC(C)(C)OC(=O)N1C[C@H](O)C[C@@H]1C(=O)N(CCC(=O)NC1CCN(Cc2ccccc2)CC1)SCC1CCCCC1.Cl. The van der Waals surface area contributed by atoms with E-state index in [-0.39, 0.29) is 56.2 Å². The number of β-amino-alcohol motifs (C(OH)–C–C–N with tert-alkyl or cyclic N) is 1. The molecule has 1 aliphatic carbocycles. The summed E-state index contributed by atoms with van der Waals surface area (Å²) in [7, 11) is 0. The van der Waals surface area contributed by atoms with Crippen molar-refractivity contribution in [2.75, 3.05) is 31.9 Å². The van der Waals surface area contributed by atoms with Gasteiger partial charge in [-0.1, -0.05) is 49.6 Å². The van der Waals surface area contributed by atoms with Crippen LogP contribution < -0.4 is 5.32 Å². The van der Waals surface area contributed by atoms with Gasteiger partial charge in [0.25, 0.3) is 5.91 Å². The number of ether oxygens (including phenoxy) is 1. The summed E-state index contributed by atoms with van der Waals surface area (Å²) in [6, 6.07) is 9.78. The highest BCUT2D eigenvalue weighted by atomic mass is 35.5. The predicted octanol–water partition coefficient (Wildman–Crippen LogP) is 5.01. The molecular weight excluding hydrogens is 588 g/mol. The van der Waals surface area contributed by atoms with Crippen LogP contribution in [0.2, 0.25) is 0 Å². The molecule has 242 valence electrons. The lowest BCUT2D eigenvalue weighted by atomic mass is 9.91. The number of hydrogen-bond acceptors (Lipinski definition) is 7. The molecule has 3 fully saturated rings. The summed E-state index contributed by atoms with van der Waals surface area (Å²) in [5, 5.41) is 13.6. The van der Waals surface area contributed by atoms with Crippen molar-refractivity contribution < 1.29 is 24.2 Å². The number of carbonyl (C=O) groups is 3. The summed E-state index contributed by atoms with van der Waals surface area (Å²) in [5.74, 6) is 1.07. The lowest BCUT2D eigenvalue weighted by molar-refractivity contribution is -0.131. The standard InChI is InChI=1S/C32H50N4O5S.ClH/c1-32(2,3)41-31(40)35-22-27(37)20-28(35)30(39)36(42-23-25-12-8-5-9-13-25)19-16-29(38)33-26-14-17-34(18-15-26)21-24-10-6-4-7-11-24;/h4,6-7,10-11,25-28,37H,5,8-9,12-23H2,1-3H3,(H,33,38);1H/t27-,28-;/m1./s1. The normalized spacial score (nSPS) is 22.1. The van der Waals surface area contributed by atoms with Crippen molar-refractivity contribution in [3.8, 4) is 0 Å². The summed E-state index contributed by atoms with van der Waals surface area (Å²) in [4.78, 5) is 43.6. The van der Waals surface area contributed by atoms with Crippen molar-refractivity contribution in [2.45, 2.75) is 109 Å². The second-order valence-electron chi connectivity index (χ2n) is 13.1. The molecule has 0 radical (unpaired) electrons. The average Bonchev–Trinajstić information content (AvgIpc) is 3.36. The van der Waals surface area contributed by atoms with Crippen LogP contribution in [0.1, 0.15) is 84.1 Å². The monoisotopic (exact) mass is 638 g/mol. The first-order valence-corrected chi connectivity index (χ1v) is 16.7. The van der Waals surface area contributed by atoms with Crippen molar-refractivity contribution in [2.24, 2.45) is 5.92 Å². The second kappa shape index (κ2) is 16.9.